The number of rotatable bonds is 5. The molecule has 28 heavy (non-hydrogen) atoms. The number of morpholine rings is 1. The van der Waals surface area contributed by atoms with E-state index in [1.807, 2.05) is 31.2 Å². The fourth-order valence-electron chi connectivity index (χ4n) is 3.15. The normalized spacial score (nSPS) is 14.0. The monoisotopic (exact) mass is 379 g/mol. The molecule has 7 heteroatoms. The number of nitrogens with one attached hydrogen (secondary N) is 2. The molecule has 1 saturated heterocycles. The average Bonchev–Trinajstić information content (AvgIpc) is 2.70. The van der Waals surface area contributed by atoms with Gasteiger partial charge in [0.05, 0.1) is 24.6 Å². The predicted octanol–water partition coefficient (Wildman–Crippen LogP) is 4.25. The highest BCUT2D eigenvalue weighted by Crippen LogP contribution is 2.29. The van der Waals surface area contributed by atoms with Crippen LogP contribution in [0.15, 0.2) is 54.6 Å². The maximum absolute atomic E-state index is 13.1. The Kier molecular flexibility index (Phi) is 5.34. The molecular weight excluding hydrogens is 357 g/mol. The summed E-state index contributed by atoms with van der Waals surface area (Å²) >= 11 is 0. The van der Waals surface area contributed by atoms with Gasteiger partial charge in [-0.3, -0.25) is 0 Å². The molecule has 0 unspecified atom stereocenters. The number of para-hydroxylation sites is 2. The first kappa shape index (κ1) is 18.2. The van der Waals surface area contributed by atoms with Gasteiger partial charge in [-0.1, -0.05) is 12.1 Å². The number of hydrogen-bond acceptors (Lipinski definition) is 6. The van der Waals surface area contributed by atoms with Crippen molar-refractivity contribution in [1.82, 2.24) is 9.97 Å². The molecule has 3 aromatic rings. The average molecular weight is 379 g/mol. The van der Waals surface area contributed by atoms with Crippen molar-refractivity contribution in [3.63, 3.8) is 0 Å². The topological polar surface area (TPSA) is 62.3 Å². The number of hydrogen-bond donors (Lipinski definition) is 2. The van der Waals surface area contributed by atoms with Crippen LogP contribution in [0, 0.1) is 12.7 Å². The van der Waals surface area contributed by atoms with Gasteiger partial charge in [-0.25, -0.2) is 9.37 Å². The summed E-state index contributed by atoms with van der Waals surface area (Å²) in [6, 6.07) is 16.2. The Morgan fingerprint density at radius 2 is 1.71 bits per heavy atom. The summed E-state index contributed by atoms with van der Waals surface area (Å²) in [5, 5.41) is 6.53. The third kappa shape index (κ3) is 4.37. The summed E-state index contributed by atoms with van der Waals surface area (Å²) in [5.74, 6) is 0.869. The van der Waals surface area contributed by atoms with Crippen LogP contribution in [-0.2, 0) is 4.74 Å². The summed E-state index contributed by atoms with van der Waals surface area (Å²) in [5.41, 5.74) is 3.66. The number of aryl methyl sites for hydroxylation is 1. The zero-order valence-electron chi connectivity index (χ0n) is 15.7. The Bertz CT molecular complexity index is 942. The molecule has 6 nitrogen and oxygen atoms in total. The number of benzene rings is 2. The zero-order chi connectivity index (χ0) is 19.3. The molecule has 1 aliphatic rings. The molecule has 0 amide bonds. The SMILES string of the molecule is Cc1cc(Nc2ccccc2N2CCOCC2)nc(Nc2ccc(F)cc2)n1. The largest absolute Gasteiger partial charge is 0.378 e. The molecular formula is C21H22FN5O. The fourth-order valence-corrected chi connectivity index (χ4v) is 3.15. The molecule has 0 saturated carbocycles. The molecule has 1 aliphatic heterocycles. The van der Waals surface area contributed by atoms with Gasteiger partial charge in [0, 0.05) is 30.5 Å². The van der Waals surface area contributed by atoms with Crippen molar-refractivity contribution in [2.24, 2.45) is 0 Å². The molecule has 2 N–H and O–H groups in total. The Balaban J connectivity index is 1.57. The van der Waals surface area contributed by atoms with Gasteiger partial charge in [-0.05, 0) is 43.3 Å². The number of nitrogens with zero attached hydrogens (tertiary/aromatic N) is 3. The molecule has 0 bridgehead atoms. The first-order valence-electron chi connectivity index (χ1n) is 9.24. The molecule has 144 valence electrons. The van der Waals surface area contributed by atoms with E-state index in [4.69, 9.17) is 4.74 Å². The van der Waals surface area contributed by atoms with Crippen molar-refractivity contribution in [3.05, 3.63) is 66.1 Å². The van der Waals surface area contributed by atoms with E-state index in [1.54, 1.807) is 12.1 Å². The van der Waals surface area contributed by atoms with E-state index in [9.17, 15) is 4.39 Å². The summed E-state index contributed by atoms with van der Waals surface area (Å²) in [6.45, 7) is 5.09. The van der Waals surface area contributed by atoms with Crippen LogP contribution in [0.1, 0.15) is 5.69 Å². The van der Waals surface area contributed by atoms with E-state index in [2.05, 4.69) is 31.6 Å². The summed E-state index contributed by atoms with van der Waals surface area (Å²) in [4.78, 5) is 11.3. The van der Waals surface area contributed by atoms with Crippen LogP contribution in [0.2, 0.25) is 0 Å². The van der Waals surface area contributed by atoms with E-state index < -0.39 is 0 Å². The number of halogens is 1. The van der Waals surface area contributed by atoms with Crippen LogP contribution in [0.4, 0.5) is 33.2 Å². The van der Waals surface area contributed by atoms with E-state index in [-0.39, 0.29) is 5.82 Å². The molecule has 2 heterocycles. The molecule has 1 fully saturated rings. The molecule has 0 aliphatic carbocycles. The molecule has 0 spiro atoms. The molecule has 0 atom stereocenters. The minimum Gasteiger partial charge on any atom is -0.378 e. The first-order valence-corrected chi connectivity index (χ1v) is 9.24. The van der Waals surface area contributed by atoms with E-state index in [0.717, 1.165) is 49.1 Å². The predicted molar refractivity (Wildman–Crippen MR) is 109 cm³/mol. The third-order valence-electron chi connectivity index (χ3n) is 4.47. The summed E-state index contributed by atoms with van der Waals surface area (Å²) in [6.07, 6.45) is 0. The number of aromatic nitrogens is 2. The smallest absolute Gasteiger partial charge is 0.229 e. The van der Waals surface area contributed by atoms with Crippen LogP contribution in [0.25, 0.3) is 0 Å². The quantitative estimate of drug-likeness (QED) is 0.691. The van der Waals surface area contributed by atoms with Gasteiger partial charge in [-0.2, -0.15) is 4.98 Å². The van der Waals surface area contributed by atoms with Gasteiger partial charge in [0.15, 0.2) is 0 Å². The lowest BCUT2D eigenvalue weighted by Crippen LogP contribution is -2.36. The zero-order valence-corrected chi connectivity index (χ0v) is 15.7. The van der Waals surface area contributed by atoms with Crippen molar-refractivity contribution in [3.8, 4) is 0 Å². The van der Waals surface area contributed by atoms with Crippen molar-refractivity contribution in [1.29, 1.82) is 0 Å². The molecule has 0 radical (unpaired) electrons. The Labute approximate surface area is 163 Å². The van der Waals surface area contributed by atoms with E-state index in [0.29, 0.717) is 11.8 Å². The fraction of sp³-hybridized carbons (Fsp3) is 0.238. The van der Waals surface area contributed by atoms with Gasteiger partial charge >= 0.3 is 0 Å². The minimum absolute atomic E-state index is 0.280. The van der Waals surface area contributed by atoms with Gasteiger partial charge < -0.3 is 20.3 Å². The maximum Gasteiger partial charge on any atom is 0.229 e. The second-order valence-corrected chi connectivity index (χ2v) is 6.59. The Morgan fingerprint density at radius 1 is 0.964 bits per heavy atom. The summed E-state index contributed by atoms with van der Waals surface area (Å²) in [7, 11) is 0. The Morgan fingerprint density at radius 3 is 2.50 bits per heavy atom. The minimum atomic E-state index is -0.280. The molecule has 4 rings (SSSR count). The van der Waals surface area contributed by atoms with Gasteiger partial charge in [-0.15, -0.1) is 0 Å². The highest BCUT2D eigenvalue weighted by Gasteiger charge is 2.15. The van der Waals surface area contributed by atoms with Crippen LogP contribution in [0.5, 0.6) is 0 Å². The lowest BCUT2D eigenvalue weighted by molar-refractivity contribution is 0.123. The van der Waals surface area contributed by atoms with Gasteiger partial charge in [0.25, 0.3) is 0 Å². The van der Waals surface area contributed by atoms with E-state index in [1.165, 1.54) is 12.1 Å². The highest BCUT2D eigenvalue weighted by molar-refractivity contribution is 5.74. The Hall–Kier alpha value is -3.19. The number of anilines is 5. The molecule has 2 aromatic carbocycles. The maximum atomic E-state index is 13.1. The van der Waals surface area contributed by atoms with Crippen molar-refractivity contribution >= 4 is 28.8 Å². The lowest BCUT2D eigenvalue weighted by Gasteiger charge is -2.30. The summed E-state index contributed by atoms with van der Waals surface area (Å²) < 4.78 is 18.6. The first-order chi connectivity index (χ1) is 13.7. The van der Waals surface area contributed by atoms with Crippen molar-refractivity contribution in [2.75, 3.05) is 41.8 Å². The van der Waals surface area contributed by atoms with Crippen LogP contribution in [0.3, 0.4) is 0 Å². The van der Waals surface area contributed by atoms with Crippen LogP contribution >= 0.6 is 0 Å². The van der Waals surface area contributed by atoms with Crippen molar-refractivity contribution in [2.45, 2.75) is 6.92 Å². The highest BCUT2D eigenvalue weighted by atomic mass is 19.1. The second kappa shape index (κ2) is 8.22. The van der Waals surface area contributed by atoms with Crippen LogP contribution in [-0.4, -0.2) is 36.3 Å². The van der Waals surface area contributed by atoms with Gasteiger partial charge in [0.2, 0.25) is 5.95 Å². The van der Waals surface area contributed by atoms with E-state index >= 15 is 0 Å². The van der Waals surface area contributed by atoms with Crippen LogP contribution < -0.4 is 15.5 Å². The van der Waals surface area contributed by atoms with Crippen molar-refractivity contribution < 1.29 is 9.13 Å². The lowest BCUT2D eigenvalue weighted by atomic mass is 10.2. The number of ether oxygens (including phenoxy) is 1. The van der Waals surface area contributed by atoms with Gasteiger partial charge in [0.1, 0.15) is 11.6 Å². The standard InChI is InChI=1S/C21H22FN5O/c1-15-14-20(26-21(23-15)24-17-8-6-16(22)7-9-17)25-18-4-2-3-5-19(18)27-10-12-28-13-11-27/h2-9,14H,10-13H2,1H3,(H2,23,24,25,26). The second-order valence-electron chi connectivity index (χ2n) is 6.59. The molecule has 1 aromatic heterocycles. The third-order valence-corrected chi connectivity index (χ3v) is 4.47.